The third-order valence-corrected chi connectivity index (χ3v) is 4.90. The molecule has 2 fully saturated rings. The monoisotopic (exact) mass is 312 g/mol. The van der Waals surface area contributed by atoms with Gasteiger partial charge in [-0.25, -0.2) is 0 Å². The molecule has 0 spiro atoms. The summed E-state index contributed by atoms with van der Waals surface area (Å²) < 4.78 is 0. The first kappa shape index (κ1) is 16.7. The number of hydrogen-bond acceptors (Lipinski definition) is 3. The highest BCUT2D eigenvalue weighted by Gasteiger charge is 2.41. The number of piperazine rings is 1. The summed E-state index contributed by atoms with van der Waals surface area (Å²) in [7, 11) is 0. The summed E-state index contributed by atoms with van der Waals surface area (Å²) in [5.41, 5.74) is 0. The third-order valence-electron chi connectivity index (χ3n) is 4.58. The zero-order chi connectivity index (χ0) is 15.1. The van der Waals surface area contributed by atoms with E-state index in [2.05, 4.69) is 12.6 Å². The lowest BCUT2D eigenvalue weighted by Gasteiger charge is -2.36. The second-order valence-corrected chi connectivity index (χ2v) is 6.65. The predicted molar refractivity (Wildman–Crippen MR) is 87.5 cm³/mol. The number of thiol groups is 1. The van der Waals surface area contributed by atoms with Gasteiger partial charge in [-0.3, -0.25) is 9.59 Å². The Labute approximate surface area is 133 Å². The van der Waals surface area contributed by atoms with Gasteiger partial charge in [0.2, 0.25) is 11.8 Å². The van der Waals surface area contributed by atoms with Crippen LogP contribution in [-0.4, -0.2) is 53.0 Å². The molecule has 2 amide bonds. The Hall–Kier alpha value is -0.710. The molecule has 2 saturated heterocycles. The maximum Gasteiger partial charge on any atom is 0.245 e. The van der Waals surface area contributed by atoms with Crippen molar-refractivity contribution in [2.75, 3.05) is 25.4 Å². The van der Waals surface area contributed by atoms with Gasteiger partial charge in [0, 0.05) is 13.1 Å². The van der Waals surface area contributed by atoms with Crippen LogP contribution < -0.4 is 0 Å². The van der Waals surface area contributed by atoms with Crippen molar-refractivity contribution in [3.05, 3.63) is 0 Å². The molecule has 0 aliphatic carbocycles. The van der Waals surface area contributed by atoms with Crippen LogP contribution in [0.2, 0.25) is 0 Å². The average Bonchev–Trinajstić information content (AvgIpc) is 2.97. The summed E-state index contributed by atoms with van der Waals surface area (Å²) in [4.78, 5) is 27.9. The van der Waals surface area contributed by atoms with Crippen molar-refractivity contribution >= 4 is 24.4 Å². The number of hydrogen-bond donors (Lipinski definition) is 1. The van der Waals surface area contributed by atoms with E-state index in [4.69, 9.17) is 0 Å². The molecule has 2 heterocycles. The van der Waals surface area contributed by atoms with E-state index in [1.54, 1.807) is 9.80 Å². The molecule has 0 saturated carbocycles. The van der Waals surface area contributed by atoms with Gasteiger partial charge in [-0.05, 0) is 31.4 Å². The smallest absolute Gasteiger partial charge is 0.245 e. The molecule has 0 radical (unpaired) electrons. The summed E-state index contributed by atoms with van der Waals surface area (Å²) in [6.07, 6.45) is 10.3. The fraction of sp³-hybridized carbons (Fsp3) is 0.875. The molecule has 21 heavy (non-hydrogen) atoms. The lowest BCUT2D eigenvalue weighted by Crippen LogP contribution is -2.57. The highest BCUT2D eigenvalue weighted by molar-refractivity contribution is 7.80. The second-order valence-electron chi connectivity index (χ2n) is 6.20. The summed E-state index contributed by atoms with van der Waals surface area (Å²) >= 11 is 4.21. The van der Waals surface area contributed by atoms with E-state index in [1.165, 1.54) is 32.1 Å². The van der Waals surface area contributed by atoms with E-state index in [0.717, 1.165) is 44.5 Å². The van der Waals surface area contributed by atoms with Crippen LogP contribution in [-0.2, 0) is 9.59 Å². The third kappa shape index (κ3) is 4.63. The largest absolute Gasteiger partial charge is 0.332 e. The fourth-order valence-electron chi connectivity index (χ4n) is 3.35. The van der Waals surface area contributed by atoms with Gasteiger partial charge in [0.25, 0.3) is 0 Å². The van der Waals surface area contributed by atoms with Gasteiger partial charge in [0.1, 0.15) is 6.04 Å². The maximum atomic E-state index is 12.3. The van der Waals surface area contributed by atoms with Gasteiger partial charge in [-0.1, -0.05) is 32.1 Å². The molecule has 0 bridgehead atoms. The standard InChI is InChI=1S/C16H28N2O2S/c19-15-13-17(16(20)14-9-8-11-18(14)15)10-6-4-2-1-3-5-7-12-21/h14,21H,1-13H2. The van der Waals surface area contributed by atoms with Gasteiger partial charge in [-0.2, -0.15) is 12.6 Å². The molecule has 0 aromatic heterocycles. The van der Waals surface area contributed by atoms with Crippen molar-refractivity contribution in [2.45, 2.75) is 63.8 Å². The van der Waals surface area contributed by atoms with Crippen molar-refractivity contribution in [2.24, 2.45) is 0 Å². The van der Waals surface area contributed by atoms with Crippen LogP contribution in [0, 0.1) is 0 Å². The fourth-order valence-corrected chi connectivity index (χ4v) is 3.58. The summed E-state index contributed by atoms with van der Waals surface area (Å²) in [6.45, 7) is 1.83. The number of unbranched alkanes of at least 4 members (excludes halogenated alkanes) is 6. The van der Waals surface area contributed by atoms with Gasteiger partial charge >= 0.3 is 0 Å². The van der Waals surface area contributed by atoms with Crippen molar-refractivity contribution in [3.63, 3.8) is 0 Å². The van der Waals surface area contributed by atoms with Gasteiger partial charge in [0.15, 0.2) is 0 Å². The molecule has 0 N–H and O–H groups in total. The molecule has 0 aromatic rings. The number of rotatable bonds is 9. The molecule has 120 valence electrons. The zero-order valence-electron chi connectivity index (χ0n) is 12.9. The number of amides is 2. The van der Waals surface area contributed by atoms with Crippen LogP contribution in [0.4, 0.5) is 0 Å². The normalized spacial score (nSPS) is 22.0. The summed E-state index contributed by atoms with van der Waals surface area (Å²) in [5, 5.41) is 0. The number of carbonyl (C=O) groups is 2. The minimum absolute atomic E-state index is 0.142. The summed E-state index contributed by atoms with van der Waals surface area (Å²) in [5.74, 6) is 1.31. The lowest BCUT2D eigenvalue weighted by molar-refractivity contribution is -0.153. The van der Waals surface area contributed by atoms with Crippen molar-refractivity contribution < 1.29 is 9.59 Å². The lowest BCUT2D eigenvalue weighted by atomic mass is 10.1. The van der Waals surface area contributed by atoms with Crippen molar-refractivity contribution in [3.8, 4) is 0 Å². The molecule has 1 atom stereocenters. The molecular formula is C16H28N2O2S. The zero-order valence-corrected chi connectivity index (χ0v) is 13.8. The highest BCUT2D eigenvalue weighted by Crippen LogP contribution is 2.23. The minimum atomic E-state index is -0.146. The Balaban J connectivity index is 1.60. The Kier molecular flexibility index (Phi) is 6.87. The molecule has 4 nitrogen and oxygen atoms in total. The SMILES string of the molecule is O=C1C2CCCN2C(=O)CN1CCCCCCCCCS. The van der Waals surface area contributed by atoms with Crippen LogP contribution in [0.5, 0.6) is 0 Å². The summed E-state index contributed by atoms with van der Waals surface area (Å²) in [6, 6.07) is -0.146. The van der Waals surface area contributed by atoms with Crippen molar-refractivity contribution in [1.82, 2.24) is 9.80 Å². The second kappa shape index (κ2) is 8.66. The Morgan fingerprint density at radius 3 is 2.38 bits per heavy atom. The van der Waals surface area contributed by atoms with Crippen LogP contribution in [0.3, 0.4) is 0 Å². The minimum Gasteiger partial charge on any atom is -0.332 e. The first-order valence-corrected chi connectivity index (χ1v) is 9.06. The van der Waals surface area contributed by atoms with E-state index in [0.29, 0.717) is 6.54 Å². The maximum absolute atomic E-state index is 12.3. The Morgan fingerprint density at radius 1 is 1.00 bits per heavy atom. The van der Waals surface area contributed by atoms with Crippen LogP contribution in [0.15, 0.2) is 0 Å². The molecule has 2 aliphatic rings. The van der Waals surface area contributed by atoms with Gasteiger partial charge in [0.05, 0.1) is 6.54 Å². The Bertz CT molecular complexity index is 362. The molecule has 1 unspecified atom stereocenters. The number of fused-ring (bicyclic) bond motifs is 1. The van der Waals surface area contributed by atoms with E-state index >= 15 is 0 Å². The first-order valence-electron chi connectivity index (χ1n) is 8.43. The van der Waals surface area contributed by atoms with E-state index in [9.17, 15) is 9.59 Å². The highest BCUT2D eigenvalue weighted by atomic mass is 32.1. The van der Waals surface area contributed by atoms with Crippen LogP contribution >= 0.6 is 12.6 Å². The predicted octanol–water partition coefficient (Wildman–Crippen LogP) is 2.48. The van der Waals surface area contributed by atoms with Crippen LogP contribution in [0.1, 0.15) is 57.8 Å². The van der Waals surface area contributed by atoms with Gasteiger partial charge < -0.3 is 9.80 Å². The van der Waals surface area contributed by atoms with Gasteiger partial charge in [-0.15, -0.1) is 0 Å². The number of carbonyl (C=O) groups excluding carboxylic acids is 2. The average molecular weight is 312 g/mol. The molecule has 0 aromatic carbocycles. The Morgan fingerprint density at radius 2 is 1.67 bits per heavy atom. The molecule has 2 rings (SSSR count). The molecule has 5 heteroatoms. The van der Waals surface area contributed by atoms with Crippen molar-refractivity contribution in [1.29, 1.82) is 0 Å². The first-order chi connectivity index (χ1) is 10.2. The van der Waals surface area contributed by atoms with E-state index in [1.807, 2.05) is 0 Å². The van der Waals surface area contributed by atoms with Crippen LogP contribution in [0.25, 0.3) is 0 Å². The van der Waals surface area contributed by atoms with E-state index < -0.39 is 0 Å². The molecule has 2 aliphatic heterocycles. The van der Waals surface area contributed by atoms with E-state index in [-0.39, 0.29) is 17.9 Å². The number of nitrogens with zero attached hydrogens (tertiary/aromatic N) is 2. The molecular weight excluding hydrogens is 284 g/mol. The quantitative estimate of drug-likeness (QED) is 0.525. The topological polar surface area (TPSA) is 40.6 Å².